The molecule has 26 heavy (non-hydrogen) atoms. The minimum Gasteiger partial charge on any atom is -0.394 e. The average molecular weight is 373 g/mol. The summed E-state index contributed by atoms with van der Waals surface area (Å²) in [6.45, 7) is 2.73. The van der Waals surface area contributed by atoms with Gasteiger partial charge in [-0.15, -0.1) is 0 Å². The van der Waals surface area contributed by atoms with Crippen molar-refractivity contribution in [3.63, 3.8) is 0 Å². The summed E-state index contributed by atoms with van der Waals surface area (Å²) < 4.78 is 10.9. The smallest absolute Gasteiger partial charge is 0.111 e. The van der Waals surface area contributed by atoms with Crippen LogP contribution in [0.1, 0.15) is 77.6 Å². The molecule has 3 N–H and O–H groups in total. The molecule has 0 bridgehead atoms. The zero-order chi connectivity index (χ0) is 19.0. The maximum atomic E-state index is 9.97. The number of unbranched alkanes of at least 4 members (excludes halogenated alkanes) is 9. The summed E-state index contributed by atoms with van der Waals surface area (Å²) >= 11 is 0. The molecule has 1 heterocycles. The van der Waals surface area contributed by atoms with Crippen molar-refractivity contribution in [1.82, 2.24) is 0 Å². The van der Waals surface area contributed by atoms with Gasteiger partial charge in [-0.05, 0) is 32.1 Å². The Morgan fingerprint density at radius 1 is 0.885 bits per heavy atom. The van der Waals surface area contributed by atoms with Crippen LogP contribution in [0.5, 0.6) is 0 Å². The summed E-state index contributed by atoms with van der Waals surface area (Å²) in [7, 11) is 0. The first-order valence-electron chi connectivity index (χ1n) is 10.6. The van der Waals surface area contributed by atoms with Crippen molar-refractivity contribution in [2.75, 3.05) is 19.8 Å². The molecule has 0 aliphatic carbocycles. The van der Waals surface area contributed by atoms with Crippen LogP contribution in [-0.4, -0.2) is 59.6 Å². The van der Waals surface area contributed by atoms with E-state index in [1.807, 2.05) is 0 Å². The molecule has 5 heteroatoms. The molecule has 0 unspecified atom stereocenters. The van der Waals surface area contributed by atoms with Gasteiger partial charge in [-0.3, -0.25) is 0 Å². The van der Waals surface area contributed by atoms with E-state index in [0.717, 1.165) is 25.7 Å². The first kappa shape index (κ1) is 23.6. The molecule has 4 atom stereocenters. The van der Waals surface area contributed by atoms with Crippen molar-refractivity contribution >= 4 is 0 Å². The monoisotopic (exact) mass is 372 g/mol. The average Bonchev–Trinajstić information content (AvgIpc) is 2.65. The van der Waals surface area contributed by atoms with Crippen LogP contribution in [0.25, 0.3) is 0 Å². The van der Waals surface area contributed by atoms with Gasteiger partial charge in [0, 0.05) is 6.61 Å². The summed E-state index contributed by atoms with van der Waals surface area (Å²) in [5, 5.41) is 28.8. The zero-order valence-corrected chi connectivity index (χ0v) is 16.5. The Morgan fingerprint density at radius 3 is 2.15 bits per heavy atom. The van der Waals surface area contributed by atoms with Gasteiger partial charge in [0.05, 0.1) is 13.2 Å². The van der Waals surface area contributed by atoms with E-state index in [4.69, 9.17) is 14.6 Å². The highest BCUT2D eigenvalue weighted by Gasteiger charge is 2.38. The summed E-state index contributed by atoms with van der Waals surface area (Å²) in [4.78, 5) is 0. The van der Waals surface area contributed by atoms with E-state index >= 15 is 0 Å². The van der Waals surface area contributed by atoms with Crippen LogP contribution in [0.3, 0.4) is 0 Å². The van der Waals surface area contributed by atoms with Gasteiger partial charge >= 0.3 is 0 Å². The highest BCUT2D eigenvalue weighted by Crippen LogP contribution is 2.18. The molecule has 0 aromatic rings. The molecule has 1 rings (SSSR count). The SMILES string of the molecule is CCCCCCCC/C=C/CCCCCO[C@H]1CO[C@H](CO)[C@@H](O)[C@@H]1O. The Hall–Kier alpha value is -0.460. The lowest BCUT2D eigenvalue weighted by Gasteiger charge is -2.36. The largest absolute Gasteiger partial charge is 0.394 e. The van der Waals surface area contributed by atoms with Crippen LogP contribution in [0.15, 0.2) is 12.2 Å². The maximum absolute atomic E-state index is 9.97. The van der Waals surface area contributed by atoms with E-state index in [2.05, 4.69) is 19.1 Å². The molecular weight excluding hydrogens is 332 g/mol. The first-order valence-corrected chi connectivity index (χ1v) is 10.6. The highest BCUT2D eigenvalue weighted by atomic mass is 16.6. The molecule has 154 valence electrons. The van der Waals surface area contributed by atoms with Crippen LogP contribution in [0.2, 0.25) is 0 Å². The van der Waals surface area contributed by atoms with Gasteiger partial charge in [-0.1, -0.05) is 57.6 Å². The van der Waals surface area contributed by atoms with Crippen LogP contribution in [-0.2, 0) is 9.47 Å². The van der Waals surface area contributed by atoms with E-state index in [9.17, 15) is 10.2 Å². The highest BCUT2D eigenvalue weighted by molar-refractivity contribution is 4.87. The normalized spacial score (nSPS) is 26.6. The molecular formula is C21H40O5. The first-order chi connectivity index (χ1) is 12.7. The zero-order valence-electron chi connectivity index (χ0n) is 16.5. The van der Waals surface area contributed by atoms with Crippen molar-refractivity contribution in [3.05, 3.63) is 12.2 Å². The number of hydrogen-bond donors (Lipinski definition) is 3. The predicted molar refractivity (Wildman–Crippen MR) is 104 cm³/mol. The number of hydrogen-bond acceptors (Lipinski definition) is 5. The van der Waals surface area contributed by atoms with Gasteiger partial charge in [-0.25, -0.2) is 0 Å². The third-order valence-corrected chi connectivity index (χ3v) is 5.00. The molecule has 0 amide bonds. The number of rotatable bonds is 15. The lowest BCUT2D eigenvalue weighted by Crippen LogP contribution is -2.55. The maximum Gasteiger partial charge on any atom is 0.111 e. The summed E-state index contributed by atoms with van der Waals surface area (Å²) in [5.41, 5.74) is 0. The van der Waals surface area contributed by atoms with E-state index < -0.39 is 24.4 Å². The van der Waals surface area contributed by atoms with Crippen LogP contribution in [0, 0.1) is 0 Å². The topological polar surface area (TPSA) is 79.2 Å². The Morgan fingerprint density at radius 2 is 1.50 bits per heavy atom. The van der Waals surface area contributed by atoms with Gasteiger partial charge in [0.2, 0.25) is 0 Å². The summed E-state index contributed by atoms with van der Waals surface area (Å²) in [6, 6.07) is 0. The van der Waals surface area contributed by atoms with E-state index in [1.165, 1.54) is 44.9 Å². The summed E-state index contributed by atoms with van der Waals surface area (Å²) in [5.74, 6) is 0. The van der Waals surface area contributed by atoms with Gasteiger partial charge in [-0.2, -0.15) is 0 Å². The van der Waals surface area contributed by atoms with Gasteiger partial charge in [0.25, 0.3) is 0 Å². The minimum absolute atomic E-state index is 0.213. The molecule has 1 saturated heterocycles. The lowest BCUT2D eigenvalue weighted by molar-refractivity contribution is -0.208. The van der Waals surface area contributed by atoms with E-state index in [0.29, 0.717) is 6.61 Å². The van der Waals surface area contributed by atoms with Crippen molar-refractivity contribution in [3.8, 4) is 0 Å². The Labute approximate surface area is 159 Å². The van der Waals surface area contributed by atoms with Crippen molar-refractivity contribution in [2.24, 2.45) is 0 Å². The van der Waals surface area contributed by atoms with Crippen molar-refractivity contribution in [2.45, 2.75) is 102 Å². The second-order valence-corrected chi connectivity index (χ2v) is 7.32. The molecule has 1 fully saturated rings. The molecule has 0 saturated carbocycles. The predicted octanol–water partition coefficient (Wildman–Crippen LogP) is 3.35. The van der Waals surface area contributed by atoms with Gasteiger partial charge < -0.3 is 24.8 Å². The fourth-order valence-corrected chi connectivity index (χ4v) is 3.22. The Balaban J connectivity index is 1.91. The lowest BCUT2D eigenvalue weighted by atomic mass is 10.0. The Bertz CT molecular complexity index is 347. The van der Waals surface area contributed by atoms with Crippen molar-refractivity contribution < 1.29 is 24.8 Å². The van der Waals surface area contributed by atoms with Gasteiger partial charge in [0.15, 0.2) is 0 Å². The Kier molecular flexibility index (Phi) is 14.1. The van der Waals surface area contributed by atoms with Gasteiger partial charge in [0.1, 0.15) is 24.4 Å². The molecule has 1 aliphatic rings. The minimum atomic E-state index is -1.09. The molecule has 1 aliphatic heterocycles. The van der Waals surface area contributed by atoms with Crippen LogP contribution >= 0.6 is 0 Å². The fourth-order valence-electron chi connectivity index (χ4n) is 3.22. The molecule has 5 nitrogen and oxygen atoms in total. The third-order valence-electron chi connectivity index (χ3n) is 5.00. The second kappa shape index (κ2) is 15.6. The van der Waals surface area contributed by atoms with Crippen molar-refractivity contribution in [1.29, 1.82) is 0 Å². The number of allylic oxidation sites excluding steroid dienone is 2. The molecule has 0 spiro atoms. The molecule has 0 aromatic heterocycles. The number of aliphatic hydroxyl groups is 3. The standard InChI is InChI=1S/C21H40O5/c1-2-3-4-5-6-7-8-9-10-11-12-13-14-15-25-19-17-26-18(16-22)20(23)21(19)24/h9-10,18-24H,2-8,11-17H2,1H3/b10-9+/t18-,19+,20-,21-/m1/s1. The fraction of sp³-hybridized carbons (Fsp3) is 0.905. The third kappa shape index (κ3) is 10.0. The van der Waals surface area contributed by atoms with Crippen LogP contribution in [0.4, 0.5) is 0 Å². The molecule has 0 radical (unpaired) electrons. The van der Waals surface area contributed by atoms with E-state index in [-0.39, 0.29) is 13.2 Å². The van der Waals surface area contributed by atoms with Crippen LogP contribution < -0.4 is 0 Å². The number of aliphatic hydroxyl groups excluding tert-OH is 3. The second-order valence-electron chi connectivity index (χ2n) is 7.32. The molecule has 0 aromatic carbocycles. The van der Waals surface area contributed by atoms with E-state index in [1.54, 1.807) is 0 Å². The summed E-state index contributed by atoms with van der Waals surface area (Å²) in [6.07, 6.45) is 14.9. The quantitative estimate of drug-likeness (QED) is 0.303. The number of ether oxygens (including phenoxy) is 2.